The second-order valence-electron chi connectivity index (χ2n) is 6.70. The topological polar surface area (TPSA) is 85.1 Å². The summed E-state index contributed by atoms with van der Waals surface area (Å²) >= 11 is 0. The first-order valence-electron chi connectivity index (χ1n) is 10.0. The van der Waals surface area contributed by atoms with Gasteiger partial charge in [-0.3, -0.25) is 0 Å². The zero-order chi connectivity index (χ0) is 21.9. The van der Waals surface area contributed by atoms with Crippen LogP contribution in [-0.4, -0.2) is 45.6 Å². The van der Waals surface area contributed by atoms with E-state index in [2.05, 4.69) is 4.98 Å². The molecular weight excluding hydrogens is 396 g/mol. The molecule has 0 unspecified atom stereocenters. The molecule has 0 radical (unpaired) electrons. The second kappa shape index (κ2) is 11.7. The number of nitrogens with two attached hydrogens (primary N) is 1. The van der Waals surface area contributed by atoms with Gasteiger partial charge in [-0.25, -0.2) is 4.98 Å². The van der Waals surface area contributed by atoms with E-state index in [1.54, 1.807) is 26.5 Å². The van der Waals surface area contributed by atoms with Crippen molar-refractivity contribution in [3.8, 4) is 23.1 Å². The third-order valence-corrected chi connectivity index (χ3v) is 4.57. The van der Waals surface area contributed by atoms with Crippen LogP contribution >= 0.6 is 0 Å². The second-order valence-corrected chi connectivity index (χ2v) is 6.70. The number of rotatable bonds is 12. The van der Waals surface area contributed by atoms with Crippen LogP contribution in [0.1, 0.15) is 11.1 Å². The highest BCUT2D eigenvalue weighted by Gasteiger charge is 2.11. The van der Waals surface area contributed by atoms with Crippen LogP contribution in [0.3, 0.4) is 0 Å². The fraction of sp³-hybridized carbons (Fsp3) is 0.292. The van der Waals surface area contributed by atoms with Crippen molar-refractivity contribution in [1.82, 2.24) is 4.98 Å². The van der Waals surface area contributed by atoms with Crippen LogP contribution in [-0.2, 0) is 11.2 Å². The van der Waals surface area contributed by atoms with Gasteiger partial charge in [0.2, 0.25) is 5.88 Å². The number of ether oxygens (including phenoxy) is 5. The first-order chi connectivity index (χ1) is 15.2. The van der Waals surface area contributed by atoms with Gasteiger partial charge in [-0.15, -0.1) is 0 Å². The molecule has 0 aliphatic rings. The average Bonchev–Trinajstić information content (AvgIpc) is 2.80. The van der Waals surface area contributed by atoms with Crippen molar-refractivity contribution in [1.29, 1.82) is 0 Å². The molecule has 1 aromatic heterocycles. The Bertz CT molecular complexity index is 964. The maximum absolute atomic E-state index is 6.18. The highest BCUT2D eigenvalue weighted by Crippen LogP contribution is 2.26. The summed E-state index contributed by atoms with van der Waals surface area (Å²) in [5.41, 5.74) is 8.73. The van der Waals surface area contributed by atoms with Gasteiger partial charge in [0.15, 0.2) is 0 Å². The summed E-state index contributed by atoms with van der Waals surface area (Å²) in [6, 6.07) is 17.1. The summed E-state index contributed by atoms with van der Waals surface area (Å²) in [5, 5.41) is 0. The van der Waals surface area contributed by atoms with Crippen LogP contribution < -0.4 is 24.7 Å². The zero-order valence-corrected chi connectivity index (χ0v) is 17.9. The van der Waals surface area contributed by atoms with Crippen LogP contribution in [0.25, 0.3) is 0 Å². The fourth-order valence-electron chi connectivity index (χ4n) is 2.98. The van der Waals surface area contributed by atoms with Crippen LogP contribution in [0.4, 0.5) is 5.69 Å². The predicted octanol–water partition coefficient (Wildman–Crippen LogP) is 3.75. The van der Waals surface area contributed by atoms with Crippen molar-refractivity contribution >= 4 is 5.69 Å². The maximum Gasteiger partial charge on any atom is 0.219 e. The van der Waals surface area contributed by atoms with E-state index in [9.17, 15) is 0 Å². The molecule has 0 saturated carbocycles. The van der Waals surface area contributed by atoms with Crippen LogP contribution in [0.15, 0.2) is 60.8 Å². The molecule has 2 N–H and O–H groups in total. The lowest BCUT2D eigenvalue weighted by Crippen LogP contribution is -2.13. The lowest BCUT2D eigenvalue weighted by Gasteiger charge is -2.13. The molecule has 3 rings (SSSR count). The van der Waals surface area contributed by atoms with Crippen LogP contribution in [0.5, 0.6) is 23.1 Å². The Labute approximate surface area is 182 Å². The Balaban J connectivity index is 1.44. The lowest BCUT2D eigenvalue weighted by molar-refractivity contribution is 0.0751. The quantitative estimate of drug-likeness (QED) is 0.443. The molecule has 7 nitrogen and oxygen atoms in total. The van der Waals surface area contributed by atoms with Gasteiger partial charge < -0.3 is 29.4 Å². The molecule has 1 heterocycles. The molecule has 164 valence electrons. The van der Waals surface area contributed by atoms with Crippen molar-refractivity contribution in [2.45, 2.75) is 6.42 Å². The fourth-order valence-corrected chi connectivity index (χ4v) is 2.98. The number of pyridine rings is 1. The predicted molar refractivity (Wildman–Crippen MR) is 119 cm³/mol. The number of aromatic nitrogens is 1. The van der Waals surface area contributed by atoms with Crippen LogP contribution in [0, 0.1) is 0 Å². The maximum atomic E-state index is 6.18. The zero-order valence-electron chi connectivity index (χ0n) is 17.9. The molecule has 0 saturated heterocycles. The summed E-state index contributed by atoms with van der Waals surface area (Å²) in [7, 11) is 3.27. The number of hydrogen-bond donors (Lipinski definition) is 1. The molecule has 0 spiro atoms. The van der Waals surface area contributed by atoms with E-state index in [1.165, 1.54) is 0 Å². The Hall–Kier alpha value is -3.45. The number of benzene rings is 2. The van der Waals surface area contributed by atoms with E-state index in [1.807, 2.05) is 48.5 Å². The number of methoxy groups -OCH3 is 2. The molecule has 2 aromatic carbocycles. The normalized spacial score (nSPS) is 10.5. The molecule has 0 fully saturated rings. The first kappa shape index (κ1) is 22.2. The van der Waals surface area contributed by atoms with Gasteiger partial charge in [-0.2, -0.15) is 0 Å². The van der Waals surface area contributed by atoms with E-state index in [0.29, 0.717) is 44.4 Å². The van der Waals surface area contributed by atoms with Gasteiger partial charge in [0.05, 0.1) is 27.4 Å². The smallest absolute Gasteiger partial charge is 0.219 e. The largest absolute Gasteiger partial charge is 0.497 e. The van der Waals surface area contributed by atoms with E-state index < -0.39 is 0 Å². The SMILES string of the molecule is COc1cccc(Cc2c(N)ccnc2OCCOCCOc2cccc(OC)c2)c1. The molecule has 3 aromatic rings. The Kier molecular flexibility index (Phi) is 8.37. The van der Waals surface area contributed by atoms with E-state index in [0.717, 1.165) is 28.4 Å². The number of anilines is 1. The Morgan fingerprint density at radius 1 is 0.774 bits per heavy atom. The minimum atomic E-state index is 0.362. The van der Waals surface area contributed by atoms with Gasteiger partial charge in [0.25, 0.3) is 0 Å². The third-order valence-electron chi connectivity index (χ3n) is 4.57. The first-order valence-corrected chi connectivity index (χ1v) is 10.0. The summed E-state index contributed by atoms with van der Waals surface area (Å²) in [4.78, 5) is 4.34. The lowest BCUT2D eigenvalue weighted by atomic mass is 10.0. The number of nitrogens with zero attached hydrogens (tertiary/aromatic N) is 1. The summed E-state index contributed by atoms with van der Waals surface area (Å²) in [6.07, 6.45) is 2.24. The molecule has 0 amide bonds. The number of hydrogen-bond acceptors (Lipinski definition) is 7. The van der Waals surface area contributed by atoms with Gasteiger partial charge in [-0.05, 0) is 35.9 Å². The highest BCUT2D eigenvalue weighted by molar-refractivity contribution is 5.53. The van der Waals surface area contributed by atoms with E-state index in [-0.39, 0.29) is 0 Å². The van der Waals surface area contributed by atoms with Gasteiger partial charge in [0.1, 0.15) is 30.5 Å². The van der Waals surface area contributed by atoms with Crippen molar-refractivity contribution in [3.63, 3.8) is 0 Å². The Morgan fingerprint density at radius 2 is 1.45 bits per heavy atom. The van der Waals surface area contributed by atoms with Crippen molar-refractivity contribution in [3.05, 3.63) is 71.9 Å². The summed E-state index contributed by atoms with van der Waals surface area (Å²) in [5.74, 6) is 2.81. The molecule has 7 heteroatoms. The van der Waals surface area contributed by atoms with E-state index >= 15 is 0 Å². The van der Waals surface area contributed by atoms with Gasteiger partial charge >= 0.3 is 0 Å². The van der Waals surface area contributed by atoms with E-state index in [4.69, 9.17) is 29.4 Å². The molecule has 0 aliphatic carbocycles. The van der Waals surface area contributed by atoms with Gasteiger partial charge in [0, 0.05) is 29.9 Å². The van der Waals surface area contributed by atoms with Crippen LogP contribution in [0.2, 0.25) is 0 Å². The van der Waals surface area contributed by atoms with Crippen molar-refractivity contribution in [2.24, 2.45) is 0 Å². The van der Waals surface area contributed by atoms with Crippen molar-refractivity contribution < 1.29 is 23.7 Å². The standard InChI is InChI=1S/C24H28N2O5/c1-27-19-6-3-5-18(15-19)16-22-23(25)9-10-26-24(22)31-14-12-29-11-13-30-21-8-4-7-20(17-21)28-2/h3-10,15,17H,11-14,16H2,1-2H3,(H2,25,26). The monoisotopic (exact) mass is 424 g/mol. The minimum absolute atomic E-state index is 0.362. The highest BCUT2D eigenvalue weighted by atomic mass is 16.5. The average molecular weight is 424 g/mol. The van der Waals surface area contributed by atoms with Crippen molar-refractivity contribution in [2.75, 3.05) is 46.4 Å². The van der Waals surface area contributed by atoms with Gasteiger partial charge in [-0.1, -0.05) is 18.2 Å². The molecule has 31 heavy (non-hydrogen) atoms. The molecule has 0 aliphatic heterocycles. The molecule has 0 atom stereocenters. The summed E-state index contributed by atoms with van der Waals surface area (Å²) in [6.45, 7) is 1.66. The Morgan fingerprint density at radius 3 is 2.23 bits per heavy atom. The minimum Gasteiger partial charge on any atom is -0.497 e. The molecular formula is C24H28N2O5. The summed E-state index contributed by atoms with van der Waals surface area (Å²) < 4.78 is 27.5. The third kappa shape index (κ3) is 6.79. The molecule has 0 bridgehead atoms. The number of nitrogen functional groups attached to an aromatic ring is 1.